The Morgan fingerprint density at radius 3 is 2.71 bits per heavy atom. The Balaban J connectivity index is 2.12. The highest BCUT2D eigenvalue weighted by Crippen LogP contribution is 2.33. The molecule has 1 aromatic carbocycles. The van der Waals surface area contributed by atoms with Crippen molar-refractivity contribution in [2.24, 2.45) is 5.92 Å². The number of hydrogen-bond donors (Lipinski definition) is 1. The summed E-state index contributed by atoms with van der Waals surface area (Å²) in [4.78, 5) is 12.4. The molecule has 0 saturated heterocycles. The van der Waals surface area contributed by atoms with Crippen LogP contribution in [0.4, 0.5) is 4.39 Å². The van der Waals surface area contributed by atoms with Gasteiger partial charge in [-0.15, -0.1) is 0 Å². The van der Waals surface area contributed by atoms with Crippen molar-refractivity contribution in [1.29, 1.82) is 5.26 Å². The van der Waals surface area contributed by atoms with Gasteiger partial charge in [0, 0.05) is 3.57 Å². The van der Waals surface area contributed by atoms with E-state index in [1.807, 2.05) is 22.6 Å². The predicted octanol–water partition coefficient (Wildman–Crippen LogP) is 4.02. The highest BCUT2D eigenvalue weighted by atomic mass is 127. The maximum atomic E-state index is 13.1. The fourth-order valence-corrected chi connectivity index (χ4v) is 3.52. The monoisotopic (exact) mass is 400 g/mol. The first-order valence-electron chi connectivity index (χ1n) is 7.18. The summed E-state index contributed by atoms with van der Waals surface area (Å²) >= 11 is 1.94. The molecule has 1 fully saturated rings. The van der Waals surface area contributed by atoms with E-state index in [-0.39, 0.29) is 11.7 Å². The largest absolute Gasteiger partial charge is 0.334 e. The quantitative estimate of drug-likeness (QED) is 0.780. The van der Waals surface area contributed by atoms with Crippen molar-refractivity contribution >= 4 is 28.5 Å². The molecule has 0 aromatic heterocycles. The number of nitriles is 1. The molecular formula is C16H18FIN2O. The van der Waals surface area contributed by atoms with Gasteiger partial charge in [-0.3, -0.25) is 4.79 Å². The molecule has 1 N–H and O–H groups in total. The fraction of sp³-hybridized carbons (Fsp3) is 0.500. The molecule has 0 atom stereocenters. The molecule has 1 saturated carbocycles. The number of nitrogens with zero attached hydrogens (tertiary/aromatic N) is 1. The lowest BCUT2D eigenvalue weighted by Crippen LogP contribution is -2.49. The van der Waals surface area contributed by atoms with Gasteiger partial charge >= 0.3 is 0 Å². The number of amides is 1. The Hall–Kier alpha value is -1.16. The maximum Gasteiger partial charge on any atom is 0.253 e. The van der Waals surface area contributed by atoms with Crippen LogP contribution in [0.2, 0.25) is 0 Å². The molecule has 0 aliphatic heterocycles. The van der Waals surface area contributed by atoms with Gasteiger partial charge in [0.2, 0.25) is 0 Å². The summed E-state index contributed by atoms with van der Waals surface area (Å²) in [5.74, 6) is -0.0142. The van der Waals surface area contributed by atoms with Crippen molar-refractivity contribution in [3.63, 3.8) is 0 Å². The maximum absolute atomic E-state index is 13.1. The summed E-state index contributed by atoms with van der Waals surface area (Å²) in [5, 5.41) is 12.4. The van der Waals surface area contributed by atoms with Crippen LogP contribution in [0.1, 0.15) is 49.4 Å². The molecular weight excluding hydrogens is 382 g/mol. The highest BCUT2D eigenvalue weighted by Gasteiger charge is 2.36. The molecule has 0 unspecified atom stereocenters. The summed E-state index contributed by atoms with van der Waals surface area (Å²) < 4.78 is 13.7. The van der Waals surface area contributed by atoms with Gasteiger partial charge in [0.1, 0.15) is 11.4 Å². The lowest BCUT2D eigenvalue weighted by molar-refractivity contribution is 0.0890. The molecule has 0 heterocycles. The Morgan fingerprint density at radius 2 is 2.19 bits per heavy atom. The minimum Gasteiger partial charge on any atom is -0.334 e. The smallest absolute Gasteiger partial charge is 0.253 e. The molecule has 1 aliphatic carbocycles. The van der Waals surface area contributed by atoms with Crippen LogP contribution in [0.25, 0.3) is 0 Å². The van der Waals surface area contributed by atoms with Crippen LogP contribution >= 0.6 is 22.6 Å². The predicted molar refractivity (Wildman–Crippen MR) is 87.2 cm³/mol. The Kier molecular flexibility index (Phi) is 5.20. The number of nitrogens with one attached hydrogen (secondary N) is 1. The SMILES string of the molecule is CCC1CCC(C#N)(NC(=O)c2ccc(F)cc2I)CC1. The van der Waals surface area contributed by atoms with E-state index in [0.29, 0.717) is 27.9 Å². The van der Waals surface area contributed by atoms with Crippen molar-refractivity contribution in [3.8, 4) is 6.07 Å². The van der Waals surface area contributed by atoms with E-state index >= 15 is 0 Å². The fourth-order valence-electron chi connectivity index (χ4n) is 2.80. The van der Waals surface area contributed by atoms with E-state index in [0.717, 1.165) is 19.3 Å². The Labute approximate surface area is 138 Å². The van der Waals surface area contributed by atoms with Gasteiger partial charge in [-0.05, 0) is 72.4 Å². The molecule has 3 nitrogen and oxygen atoms in total. The third-order valence-corrected chi connectivity index (χ3v) is 5.17. The summed E-state index contributed by atoms with van der Waals surface area (Å²) in [5.41, 5.74) is -0.357. The van der Waals surface area contributed by atoms with Crippen molar-refractivity contribution in [2.75, 3.05) is 0 Å². The number of hydrogen-bond acceptors (Lipinski definition) is 2. The number of carbonyl (C=O) groups is 1. The zero-order chi connectivity index (χ0) is 15.5. The minimum atomic E-state index is -0.778. The topological polar surface area (TPSA) is 52.9 Å². The molecule has 2 rings (SSSR count). The van der Waals surface area contributed by atoms with Crippen molar-refractivity contribution in [1.82, 2.24) is 5.32 Å². The van der Waals surface area contributed by atoms with Crippen LogP contribution < -0.4 is 5.32 Å². The Morgan fingerprint density at radius 1 is 1.52 bits per heavy atom. The van der Waals surface area contributed by atoms with Crippen LogP contribution in [-0.4, -0.2) is 11.4 Å². The average Bonchev–Trinajstić information content (AvgIpc) is 2.47. The van der Waals surface area contributed by atoms with Gasteiger partial charge in [0.05, 0.1) is 11.6 Å². The molecule has 112 valence electrons. The lowest BCUT2D eigenvalue weighted by Gasteiger charge is -2.35. The van der Waals surface area contributed by atoms with Crippen LogP contribution in [0.5, 0.6) is 0 Å². The summed E-state index contributed by atoms with van der Waals surface area (Å²) in [6.45, 7) is 2.16. The van der Waals surface area contributed by atoms with Crippen molar-refractivity contribution in [3.05, 3.63) is 33.1 Å². The molecule has 1 aliphatic rings. The van der Waals surface area contributed by atoms with Crippen LogP contribution in [-0.2, 0) is 0 Å². The zero-order valence-electron chi connectivity index (χ0n) is 12.0. The second-order valence-corrected chi connectivity index (χ2v) is 6.79. The van der Waals surface area contributed by atoms with Gasteiger partial charge in [-0.2, -0.15) is 5.26 Å². The van der Waals surface area contributed by atoms with Gasteiger partial charge in [-0.25, -0.2) is 4.39 Å². The van der Waals surface area contributed by atoms with E-state index in [4.69, 9.17) is 0 Å². The molecule has 1 amide bonds. The van der Waals surface area contributed by atoms with Gasteiger partial charge in [-0.1, -0.05) is 13.3 Å². The number of rotatable bonds is 3. The van der Waals surface area contributed by atoms with Crippen molar-refractivity contribution < 1.29 is 9.18 Å². The summed E-state index contributed by atoms with van der Waals surface area (Å²) in [7, 11) is 0. The van der Waals surface area contributed by atoms with E-state index in [2.05, 4.69) is 18.3 Å². The zero-order valence-corrected chi connectivity index (χ0v) is 14.1. The van der Waals surface area contributed by atoms with Crippen LogP contribution in [0.3, 0.4) is 0 Å². The summed E-state index contributed by atoms with van der Waals surface area (Å²) in [6.07, 6.45) is 4.41. The van der Waals surface area contributed by atoms with E-state index in [1.165, 1.54) is 18.2 Å². The lowest BCUT2D eigenvalue weighted by atomic mass is 9.76. The standard InChI is InChI=1S/C16H18FIN2O/c1-2-11-5-7-16(10-19,8-6-11)20-15(21)13-4-3-12(17)9-14(13)18/h3-4,9,11H,2,5-8H2,1H3,(H,20,21). The van der Waals surface area contributed by atoms with E-state index < -0.39 is 5.54 Å². The van der Waals surface area contributed by atoms with Gasteiger partial charge < -0.3 is 5.32 Å². The second-order valence-electron chi connectivity index (χ2n) is 5.62. The first kappa shape index (κ1) is 16.2. The molecule has 1 aromatic rings. The van der Waals surface area contributed by atoms with E-state index in [9.17, 15) is 14.4 Å². The minimum absolute atomic E-state index is 0.295. The average molecular weight is 400 g/mol. The van der Waals surface area contributed by atoms with Crippen molar-refractivity contribution in [2.45, 2.75) is 44.6 Å². The first-order chi connectivity index (χ1) is 9.99. The third kappa shape index (κ3) is 3.73. The first-order valence-corrected chi connectivity index (χ1v) is 8.26. The summed E-state index contributed by atoms with van der Waals surface area (Å²) in [6, 6.07) is 6.34. The number of benzene rings is 1. The van der Waals surface area contributed by atoms with Gasteiger partial charge in [0.15, 0.2) is 0 Å². The molecule has 0 spiro atoms. The van der Waals surface area contributed by atoms with E-state index in [1.54, 1.807) is 0 Å². The number of halogens is 2. The highest BCUT2D eigenvalue weighted by molar-refractivity contribution is 14.1. The second kappa shape index (κ2) is 6.73. The molecule has 0 bridgehead atoms. The molecule has 0 radical (unpaired) electrons. The normalized spacial score (nSPS) is 25.1. The molecule has 5 heteroatoms. The molecule has 21 heavy (non-hydrogen) atoms. The third-order valence-electron chi connectivity index (χ3n) is 4.28. The Bertz CT molecular complexity index is 574. The van der Waals surface area contributed by atoms with Crippen LogP contribution in [0, 0.1) is 26.6 Å². The van der Waals surface area contributed by atoms with Gasteiger partial charge in [0.25, 0.3) is 5.91 Å². The van der Waals surface area contributed by atoms with Crippen LogP contribution in [0.15, 0.2) is 18.2 Å². The number of carbonyl (C=O) groups excluding carboxylic acids is 1.